The maximum Gasteiger partial charge on any atom is 0.223 e. The third-order valence-corrected chi connectivity index (χ3v) is 3.09. The Morgan fingerprint density at radius 3 is 3.08 bits per heavy atom. The van der Waals surface area contributed by atoms with E-state index in [1.807, 2.05) is 23.6 Å². The second-order valence-corrected chi connectivity index (χ2v) is 4.26. The molecule has 1 atom stereocenters. The second-order valence-electron chi connectivity index (χ2n) is 3.03. The number of carbonyl (C=O) groups excluding carboxylic acids is 1. The van der Waals surface area contributed by atoms with Gasteiger partial charge in [-0.3, -0.25) is 4.79 Å². The smallest absolute Gasteiger partial charge is 0.223 e. The van der Waals surface area contributed by atoms with Gasteiger partial charge in [0.1, 0.15) is 0 Å². The Morgan fingerprint density at radius 1 is 1.67 bits per heavy atom. The molecule has 0 spiro atoms. The van der Waals surface area contributed by atoms with Gasteiger partial charge in [-0.05, 0) is 6.92 Å². The van der Waals surface area contributed by atoms with E-state index in [1.165, 1.54) is 0 Å². The van der Waals surface area contributed by atoms with E-state index < -0.39 is 0 Å². The topological polar surface area (TPSA) is 46.3 Å². The van der Waals surface area contributed by atoms with Gasteiger partial charge in [0.25, 0.3) is 0 Å². The summed E-state index contributed by atoms with van der Waals surface area (Å²) in [5.74, 6) is 2.28. The number of amides is 1. The van der Waals surface area contributed by atoms with Gasteiger partial charge >= 0.3 is 0 Å². The lowest BCUT2D eigenvalue weighted by Crippen LogP contribution is -2.43. The molecule has 1 rings (SSSR count). The lowest BCUT2D eigenvalue weighted by Gasteiger charge is -2.26. The van der Waals surface area contributed by atoms with Gasteiger partial charge < -0.3 is 10.6 Å². The quantitative estimate of drug-likeness (QED) is 0.678. The fraction of sp³-hybridized carbons (Fsp3) is 0.875. The highest BCUT2D eigenvalue weighted by Crippen LogP contribution is 2.13. The molecule has 0 aliphatic carbocycles. The number of hydrogen-bond donors (Lipinski definition) is 1. The molecule has 1 unspecified atom stereocenters. The minimum Gasteiger partial charge on any atom is -0.338 e. The summed E-state index contributed by atoms with van der Waals surface area (Å²) in [6.45, 7) is 3.44. The molecule has 0 bridgehead atoms. The van der Waals surface area contributed by atoms with Crippen molar-refractivity contribution >= 4 is 17.7 Å². The van der Waals surface area contributed by atoms with E-state index in [9.17, 15) is 4.79 Å². The van der Waals surface area contributed by atoms with Crippen LogP contribution in [0.25, 0.3) is 0 Å². The lowest BCUT2D eigenvalue weighted by atomic mass is 10.2. The normalized spacial score (nSPS) is 22.2. The first kappa shape index (κ1) is 9.86. The molecule has 0 aromatic heterocycles. The summed E-state index contributed by atoms with van der Waals surface area (Å²) in [5.41, 5.74) is 5.52. The Hall–Kier alpha value is -0.220. The molecular formula is C8H16N2OS. The zero-order chi connectivity index (χ0) is 8.97. The minimum absolute atomic E-state index is 0.205. The van der Waals surface area contributed by atoms with Crippen LogP contribution < -0.4 is 5.73 Å². The average molecular weight is 188 g/mol. The van der Waals surface area contributed by atoms with Crippen LogP contribution in [0.5, 0.6) is 0 Å². The van der Waals surface area contributed by atoms with Gasteiger partial charge in [0.15, 0.2) is 0 Å². The number of rotatable bonds is 2. The SMILES string of the molecule is CC(CN)N1CCSCCC1=O. The molecule has 1 heterocycles. The highest BCUT2D eigenvalue weighted by atomic mass is 32.2. The number of nitrogens with two attached hydrogens (primary N) is 1. The predicted octanol–water partition coefficient (Wildman–Crippen LogP) is 0.299. The van der Waals surface area contributed by atoms with E-state index >= 15 is 0 Å². The van der Waals surface area contributed by atoms with E-state index in [0.717, 1.165) is 18.1 Å². The molecular weight excluding hydrogens is 172 g/mol. The summed E-state index contributed by atoms with van der Waals surface area (Å²) in [7, 11) is 0. The van der Waals surface area contributed by atoms with Gasteiger partial charge in [-0.2, -0.15) is 11.8 Å². The molecule has 1 fully saturated rings. The molecule has 4 heteroatoms. The lowest BCUT2D eigenvalue weighted by molar-refractivity contribution is -0.132. The molecule has 0 radical (unpaired) electrons. The average Bonchev–Trinajstić information content (AvgIpc) is 2.28. The van der Waals surface area contributed by atoms with Crippen molar-refractivity contribution in [3.63, 3.8) is 0 Å². The van der Waals surface area contributed by atoms with Gasteiger partial charge in [-0.25, -0.2) is 0 Å². The van der Waals surface area contributed by atoms with Crippen molar-refractivity contribution in [3.8, 4) is 0 Å². The molecule has 1 aliphatic rings. The Labute approximate surface area is 77.7 Å². The Kier molecular flexibility index (Phi) is 3.88. The van der Waals surface area contributed by atoms with E-state index in [-0.39, 0.29) is 11.9 Å². The molecule has 2 N–H and O–H groups in total. The summed E-state index contributed by atoms with van der Waals surface area (Å²) < 4.78 is 0. The van der Waals surface area contributed by atoms with Gasteiger partial charge in [0.05, 0.1) is 0 Å². The van der Waals surface area contributed by atoms with Crippen molar-refractivity contribution in [1.82, 2.24) is 4.90 Å². The van der Waals surface area contributed by atoms with Gasteiger partial charge in [0, 0.05) is 37.1 Å². The molecule has 0 aromatic rings. The highest BCUT2D eigenvalue weighted by Gasteiger charge is 2.20. The van der Waals surface area contributed by atoms with Crippen LogP contribution in [0.4, 0.5) is 0 Å². The monoisotopic (exact) mass is 188 g/mol. The third kappa shape index (κ3) is 2.38. The molecule has 70 valence electrons. The summed E-state index contributed by atoms with van der Waals surface area (Å²) in [6, 6.07) is 0.205. The van der Waals surface area contributed by atoms with Crippen LogP contribution in [-0.4, -0.2) is 41.4 Å². The Balaban J connectivity index is 2.52. The van der Waals surface area contributed by atoms with Crippen LogP contribution >= 0.6 is 11.8 Å². The molecule has 0 saturated carbocycles. The molecule has 0 aromatic carbocycles. The van der Waals surface area contributed by atoms with Crippen molar-refractivity contribution in [2.75, 3.05) is 24.6 Å². The minimum atomic E-state index is 0.205. The van der Waals surface area contributed by atoms with Gasteiger partial charge in [0.2, 0.25) is 5.91 Å². The molecule has 3 nitrogen and oxygen atoms in total. The summed E-state index contributed by atoms with van der Waals surface area (Å²) in [5, 5.41) is 0. The standard InChI is InChI=1S/C8H16N2OS/c1-7(6-9)10-3-5-12-4-2-8(10)11/h7H,2-6,9H2,1H3. The second kappa shape index (κ2) is 4.72. The van der Waals surface area contributed by atoms with Crippen molar-refractivity contribution in [3.05, 3.63) is 0 Å². The van der Waals surface area contributed by atoms with E-state index in [2.05, 4.69) is 0 Å². The summed E-state index contributed by atoms with van der Waals surface area (Å²) in [4.78, 5) is 13.4. The predicted molar refractivity (Wildman–Crippen MR) is 52.2 cm³/mol. The zero-order valence-corrected chi connectivity index (χ0v) is 8.27. The first-order chi connectivity index (χ1) is 5.75. The summed E-state index contributed by atoms with van der Waals surface area (Å²) >= 11 is 1.85. The Morgan fingerprint density at radius 2 is 2.42 bits per heavy atom. The van der Waals surface area contributed by atoms with Crippen molar-refractivity contribution < 1.29 is 4.79 Å². The first-order valence-electron chi connectivity index (χ1n) is 4.33. The molecule has 12 heavy (non-hydrogen) atoms. The van der Waals surface area contributed by atoms with Crippen LogP contribution in [0.15, 0.2) is 0 Å². The van der Waals surface area contributed by atoms with Crippen LogP contribution in [0.3, 0.4) is 0 Å². The van der Waals surface area contributed by atoms with E-state index in [0.29, 0.717) is 13.0 Å². The molecule has 1 saturated heterocycles. The largest absolute Gasteiger partial charge is 0.338 e. The van der Waals surface area contributed by atoms with Gasteiger partial charge in [-0.1, -0.05) is 0 Å². The maximum atomic E-state index is 11.5. The summed E-state index contributed by atoms with van der Waals surface area (Å²) in [6.07, 6.45) is 0.676. The van der Waals surface area contributed by atoms with Crippen molar-refractivity contribution in [2.45, 2.75) is 19.4 Å². The third-order valence-electron chi connectivity index (χ3n) is 2.13. The van der Waals surface area contributed by atoms with Crippen LogP contribution in [0.2, 0.25) is 0 Å². The first-order valence-corrected chi connectivity index (χ1v) is 5.48. The molecule has 1 aliphatic heterocycles. The number of nitrogens with zero attached hydrogens (tertiary/aromatic N) is 1. The van der Waals surface area contributed by atoms with Crippen LogP contribution in [0, 0.1) is 0 Å². The number of hydrogen-bond acceptors (Lipinski definition) is 3. The van der Waals surface area contributed by atoms with Crippen molar-refractivity contribution in [1.29, 1.82) is 0 Å². The van der Waals surface area contributed by atoms with E-state index in [1.54, 1.807) is 0 Å². The highest BCUT2D eigenvalue weighted by molar-refractivity contribution is 7.99. The van der Waals surface area contributed by atoms with Crippen molar-refractivity contribution in [2.24, 2.45) is 5.73 Å². The Bertz CT molecular complexity index is 163. The fourth-order valence-corrected chi connectivity index (χ4v) is 2.14. The number of thioether (sulfide) groups is 1. The van der Waals surface area contributed by atoms with Gasteiger partial charge in [-0.15, -0.1) is 0 Å². The number of carbonyl (C=O) groups is 1. The van der Waals surface area contributed by atoms with E-state index in [4.69, 9.17) is 5.73 Å². The fourth-order valence-electron chi connectivity index (χ4n) is 1.29. The van der Waals surface area contributed by atoms with Crippen LogP contribution in [-0.2, 0) is 4.79 Å². The van der Waals surface area contributed by atoms with Crippen LogP contribution in [0.1, 0.15) is 13.3 Å². The molecule has 1 amide bonds. The zero-order valence-electron chi connectivity index (χ0n) is 7.45. The maximum absolute atomic E-state index is 11.5.